The molecule has 0 heterocycles. The molecule has 0 aromatic heterocycles. The van der Waals surface area contributed by atoms with Crippen LogP contribution in [0, 0.1) is 5.92 Å². The van der Waals surface area contributed by atoms with Gasteiger partial charge in [0.2, 0.25) is 11.8 Å². The fourth-order valence-corrected chi connectivity index (χ4v) is 1.96. The molecular weight excluding hydrogens is 240 g/mol. The largest absolute Gasteiger partial charge is 0.391 e. The number of rotatable bonds is 9. The second kappa shape index (κ2) is 9.30. The Labute approximate surface area is 107 Å². The van der Waals surface area contributed by atoms with Crippen LogP contribution in [-0.2, 0) is 9.59 Å². The molecule has 0 aliphatic heterocycles. The van der Waals surface area contributed by atoms with Gasteiger partial charge in [0, 0.05) is 18.7 Å². The number of thioether (sulfide) groups is 1. The second-order valence-electron chi connectivity index (χ2n) is 4.36. The van der Waals surface area contributed by atoms with E-state index in [1.54, 1.807) is 0 Å². The Morgan fingerprint density at radius 3 is 2.59 bits per heavy atom. The molecule has 100 valence electrons. The normalized spacial score (nSPS) is 12.5. The summed E-state index contributed by atoms with van der Waals surface area (Å²) in [6.07, 6.45) is 0.528. The first kappa shape index (κ1) is 16.2. The monoisotopic (exact) mass is 262 g/mol. The van der Waals surface area contributed by atoms with Gasteiger partial charge in [-0.05, 0) is 12.3 Å². The minimum absolute atomic E-state index is 0.107. The highest BCUT2D eigenvalue weighted by atomic mass is 32.2. The number of hydrogen-bond acceptors (Lipinski definition) is 4. The lowest BCUT2D eigenvalue weighted by Crippen LogP contribution is -2.33. The van der Waals surface area contributed by atoms with Crippen molar-refractivity contribution in [2.75, 3.05) is 18.1 Å². The Morgan fingerprint density at radius 2 is 2.06 bits per heavy atom. The van der Waals surface area contributed by atoms with Crippen LogP contribution in [0.15, 0.2) is 0 Å². The Balaban J connectivity index is 3.49. The fourth-order valence-electron chi connectivity index (χ4n) is 1.29. The molecule has 6 heteroatoms. The topological polar surface area (TPSA) is 92.4 Å². The summed E-state index contributed by atoms with van der Waals surface area (Å²) in [5, 5.41) is 12.2. The second-order valence-corrected chi connectivity index (χ2v) is 5.46. The van der Waals surface area contributed by atoms with Gasteiger partial charge in [0.15, 0.2) is 0 Å². The lowest BCUT2D eigenvalue weighted by molar-refractivity contribution is -0.121. The predicted octanol–water partition coefficient (Wildman–Crippen LogP) is 0.118. The molecule has 0 spiro atoms. The van der Waals surface area contributed by atoms with Gasteiger partial charge in [0.1, 0.15) is 0 Å². The lowest BCUT2D eigenvalue weighted by Gasteiger charge is -2.13. The van der Waals surface area contributed by atoms with Crippen LogP contribution in [-0.4, -0.2) is 41.1 Å². The van der Waals surface area contributed by atoms with Gasteiger partial charge in [0.25, 0.3) is 0 Å². The quantitative estimate of drug-likeness (QED) is 0.515. The van der Waals surface area contributed by atoms with E-state index in [4.69, 9.17) is 5.73 Å². The maximum atomic E-state index is 11.3. The summed E-state index contributed by atoms with van der Waals surface area (Å²) in [6, 6.07) is 0. The van der Waals surface area contributed by atoms with Gasteiger partial charge in [-0.3, -0.25) is 9.59 Å². The highest BCUT2D eigenvalue weighted by Crippen LogP contribution is 2.04. The van der Waals surface area contributed by atoms with Crippen molar-refractivity contribution in [1.29, 1.82) is 0 Å². The van der Waals surface area contributed by atoms with Gasteiger partial charge in [-0.1, -0.05) is 13.8 Å². The molecule has 2 amide bonds. The molecule has 1 atom stereocenters. The standard InChI is InChI=1S/C11H22N2O3S/c1-8(2)5-9(14)6-13-11(16)3-4-17-7-10(12)15/h8-9,14H,3-7H2,1-2H3,(H2,12,15)(H,13,16). The lowest BCUT2D eigenvalue weighted by atomic mass is 10.1. The molecule has 0 aromatic carbocycles. The zero-order chi connectivity index (χ0) is 13.3. The third kappa shape index (κ3) is 11.5. The number of nitrogens with two attached hydrogens (primary N) is 1. The third-order valence-electron chi connectivity index (χ3n) is 2.00. The Bertz CT molecular complexity index is 247. The van der Waals surface area contributed by atoms with Gasteiger partial charge < -0.3 is 16.2 Å². The summed E-state index contributed by atoms with van der Waals surface area (Å²) in [4.78, 5) is 21.8. The molecule has 5 nitrogen and oxygen atoms in total. The molecule has 0 rings (SSSR count). The molecule has 0 fully saturated rings. The summed E-state index contributed by atoms with van der Waals surface area (Å²) >= 11 is 1.34. The smallest absolute Gasteiger partial charge is 0.227 e. The molecule has 0 aromatic rings. The summed E-state index contributed by atoms with van der Waals surface area (Å²) < 4.78 is 0. The molecule has 0 saturated carbocycles. The van der Waals surface area contributed by atoms with Crippen LogP contribution in [0.25, 0.3) is 0 Å². The molecule has 0 saturated heterocycles. The average molecular weight is 262 g/mol. The number of carbonyl (C=O) groups excluding carboxylic acids is 2. The van der Waals surface area contributed by atoms with Crippen molar-refractivity contribution in [2.45, 2.75) is 32.8 Å². The first-order chi connectivity index (χ1) is 7.91. The van der Waals surface area contributed by atoms with Gasteiger partial charge in [-0.15, -0.1) is 0 Å². The van der Waals surface area contributed by atoms with Crippen LogP contribution in [0.2, 0.25) is 0 Å². The van der Waals surface area contributed by atoms with E-state index >= 15 is 0 Å². The third-order valence-corrected chi connectivity index (χ3v) is 2.98. The summed E-state index contributed by atoms with van der Waals surface area (Å²) in [6.45, 7) is 4.33. The number of amides is 2. The summed E-state index contributed by atoms with van der Waals surface area (Å²) in [7, 11) is 0. The van der Waals surface area contributed by atoms with Crippen molar-refractivity contribution in [1.82, 2.24) is 5.32 Å². The van der Waals surface area contributed by atoms with Crippen molar-refractivity contribution in [3.63, 3.8) is 0 Å². The maximum absolute atomic E-state index is 11.3. The average Bonchev–Trinajstić information content (AvgIpc) is 2.20. The van der Waals surface area contributed by atoms with E-state index in [1.165, 1.54) is 11.8 Å². The van der Waals surface area contributed by atoms with Crippen LogP contribution in [0.1, 0.15) is 26.7 Å². The van der Waals surface area contributed by atoms with E-state index in [1.807, 2.05) is 13.8 Å². The van der Waals surface area contributed by atoms with Crippen molar-refractivity contribution >= 4 is 23.6 Å². The minimum Gasteiger partial charge on any atom is -0.391 e. The molecule has 1 unspecified atom stereocenters. The fraction of sp³-hybridized carbons (Fsp3) is 0.818. The van der Waals surface area contributed by atoms with Crippen LogP contribution in [0.5, 0.6) is 0 Å². The van der Waals surface area contributed by atoms with Gasteiger partial charge in [-0.25, -0.2) is 0 Å². The summed E-state index contributed by atoms with van der Waals surface area (Å²) in [5.41, 5.74) is 4.96. The molecular formula is C11H22N2O3S. The van der Waals surface area contributed by atoms with Gasteiger partial charge in [0.05, 0.1) is 11.9 Å². The predicted molar refractivity (Wildman–Crippen MR) is 69.6 cm³/mol. The number of hydrogen-bond donors (Lipinski definition) is 3. The SMILES string of the molecule is CC(C)CC(O)CNC(=O)CCSCC(N)=O. The molecule has 0 aliphatic carbocycles. The summed E-state index contributed by atoms with van der Waals surface area (Å²) in [5.74, 6) is 0.735. The minimum atomic E-state index is -0.489. The van der Waals surface area contributed by atoms with Crippen LogP contribution in [0.3, 0.4) is 0 Å². The first-order valence-electron chi connectivity index (χ1n) is 5.72. The van der Waals surface area contributed by atoms with E-state index in [-0.39, 0.29) is 24.1 Å². The molecule has 0 bridgehead atoms. The number of carbonyl (C=O) groups is 2. The van der Waals surface area contributed by atoms with Crippen molar-refractivity contribution in [3.8, 4) is 0 Å². The van der Waals surface area contributed by atoms with Gasteiger partial charge >= 0.3 is 0 Å². The number of aliphatic hydroxyl groups is 1. The van der Waals surface area contributed by atoms with E-state index in [0.717, 1.165) is 0 Å². The molecule has 0 aliphatic rings. The van der Waals surface area contributed by atoms with E-state index in [2.05, 4.69) is 5.32 Å². The Hall–Kier alpha value is -0.750. The molecule has 17 heavy (non-hydrogen) atoms. The van der Waals surface area contributed by atoms with Crippen molar-refractivity contribution < 1.29 is 14.7 Å². The number of primary amides is 1. The molecule has 4 N–H and O–H groups in total. The number of aliphatic hydroxyl groups excluding tert-OH is 1. The van der Waals surface area contributed by atoms with Crippen LogP contribution in [0.4, 0.5) is 0 Å². The highest BCUT2D eigenvalue weighted by molar-refractivity contribution is 7.99. The Morgan fingerprint density at radius 1 is 1.41 bits per heavy atom. The van der Waals surface area contributed by atoms with Gasteiger partial charge in [-0.2, -0.15) is 11.8 Å². The van der Waals surface area contributed by atoms with Crippen LogP contribution < -0.4 is 11.1 Å². The Kier molecular flexibility index (Phi) is 8.89. The zero-order valence-corrected chi connectivity index (χ0v) is 11.3. The highest BCUT2D eigenvalue weighted by Gasteiger charge is 2.08. The number of nitrogens with one attached hydrogen (secondary N) is 1. The van der Waals surface area contributed by atoms with Crippen molar-refractivity contribution in [3.05, 3.63) is 0 Å². The van der Waals surface area contributed by atoms with E-state index < -0.39 is 6.10 Å². The first-order valence-corrected chi connectivity index (χ1v) is 6.88. The van der Waals surface area contributed by atoms with Crippen LogP contribution >= 0.6 is 11.8 Å². The molecule has 0 radical (unpaired) electrons. The maximum Gasteiger partial charge on any atom is 0.227 e. The van der Waals surface area contributed by atoms with Crippen molar-refractivity contribution in [2.24, 2.45) is 11.7 Å². The zero-order valence-electron chi connectivity index (χ0n) is 10.4. The van der Waals surface area contributed by atoms with E-state index in [9.17, 15) is 14.7 Å². The van der Waals surface area contributed by atoms with E-state index in [0.29, 0.717) is 24.5 Å².